The highest BCUT2D eigenvalue weighted by molar-refractivity contribution is 6.28. The molecule has 1 atom stereocenters. The molecule has 1 saturated heterocycles. The number of nitrogens with one attached hydrogen (secondary N) is 1. The lowest BCUT2D eigenvalue weighted by Gasteiger charge is -2.37. The summed E-state index contributed by atoms with van der Waals surface area (Å²) in [6, 6.07) is 16.4. The summed E-state index contributed by atoms with van der Waals surface area (Å²) in [6.07, 6.45) is 4.90. The van der Waals surface area contributed by atoms with Crippen LogP contribution in [0.5, 0.6) is 11.5 Å². The normalized spacial score (nSPS) is 21.0. The Labute approximate surface area is 252 Å². The molecule has 42 heavy (non-hydrogen) atoms. The first-order chi connectivity index (χ1) is 20.5. The van der Waals surface area contributed by atoms with Crippen LogP contribution in [0.3, 0.4) is 0 Å². The molecule has 0 amide bonds. The van der Waals surface area contributed by atoms with Gasteiger partial charge in [-0.2, -0.15) is 15.0 Å². The van der Waals surface area contributed by atoms with Crippen LogP contribution in [0, 0.1) is 11.8 Å². The summed E-state index contributed by atoms with van der Waals surface area (Å²) in [5.41, 5.74) is 3.65. The number of aromatic nitrogens is 4. The van der Waals surface area contributed by atoms with E-state index in [1.165, 1.54) is 31.2 Å². The minimum atomic E-state index is 0.0466. The van der Waals surface area contributed by atoms with E-state index in [1.54, 1.807) is 14.2 Å². The highest BCUT2D eigenvalue weighted by Gasteiger charge is 2.32. The third-order valence-corrected chi connectivity index (χ3v) is 8.81. The molecule has 2 aromatic heterocycles. The van der Waals surface area contributed by atoms with Gasteiger partial charge in [0.2, 0.25) is 11.2 Å². The van der Waals surface area contributed by atoms with Crippen molar-refractivity contribution in [3.63, 3.8) is 0 Å². The Morgan fingerprint density at radius 3 is 2.57 bits per heavy atom. The number of methoxy groups -OCH3 is 2. The predicted molar refractivity (Wildman–Crippen MR) is 166 cm³/mol. The zero-order valence-electron chi connectivity index (χ0n) is 24.6. The summed E-state index contributed by atoms with van der Waals surface area (Å²) in [4.78, 5) is 16.8. The van der Waals surface area contributed by atoms with Gasteiger partial charge >= 0.3 is 0 Å². The average Bonchev–Trinajstić information content (AvgIpc) is 3.38. The lowest BCUT2D eigenvalue weighted by Crippen LogP contribution is -2.41. The van der Waals surface area contributed by atoms with Crippen LogP contribution >= 0.6 is 11.6 Å². The summed E-state index contributed by atoms with van der Waals surface area (Å²) in [7, 11) is 3.31. The number of hydrogen-bond acceptors (Lipinski definition) is 8. The number of fused-ring (bicyclic) bond motifs is 1. The molecule has 1 saturated carbocycles. The lowest BCUT2D eigenvalue weighted by atomic mass is 9.83. The molecule has 2 aromatic carbocycles. The van der Waals surface area contributed by atoms with E-state index in [-0.39, 0.29) is 11.3 Å². The van der Waals surface area contributed by atoms with Crippen LogP contribution in [0.25, 0.3) is 11.2 Å². The molecule has 1 aliphatic carbocycles. The molecule has 4 aromatic rings. The number of anilines is 2. The predicted octanol–water partition coefficient (Wildman–Crippen LogP) is 6.51. The molecule has 1 N–H and O–H groups in total. The average molecular weight is 591 g/mol. The number of benzene rings is 2. The topological polar surface area (TPSA) is 86.6 Å². The van der Waals surface area contributed by atoms with E-state index in [0.29, 0.717) is 37.1 Å². The Balaban J connectivity index is 1.42. The molecule has 2 aliphatic rings. The quantitative estimate of drug-likeness (QED) is 0.221. The van der Waals surface area contributed by atoms with Crippen LogP contribution in [0.15, 0.2) is 48.5 Å². The van der Waals surface area contributed by atoms with Crippen LogP contribution < -0.4 is 19.7 Å². The Hall–Kier alpha value is -3.56. The van der Waals surface area contributed by atoms with Crippen molar-refractivity contribution < 1.29 is 14.2 Å². The second-order valence-electron chi connectivity index (χ2n) is 11.4. The van der Waals surface area contributed by atoms with E-state index in [0.717, 1.165) is 47.5 Å². The van der Waals surface area contributed by atoms with Crippen molar-refractivity contribution in [3.05, 3.63) is 64.9 Å². The van der Waals surface area contributed by atoms with E-state index in [9.17, 15) is 0 Å². The molecule has 6 rings (SSSR count). The third-order valence-electron chi connectivity index (χ3n) is 8.64. The number of hydrogen-bond donors (Lipinski definition) is 1. The monoisotopic (exact) mass is 590 g/mol. The second-order valence-corrected chi connectivity index (χ2v) is 11.7. The van der Waals surface area contributed by atoms with Gasteiger partial charge in [0, 0.05) is 31.3 Å². The summed E-state index contributed by atoms with van der Waals surface area (Å²) < 4.78 is 19.3. The first kappa shape index (κ1) is 28.6. The van der Waals surface area contributed by atoms with E-state index in [1.807, 2.05) is 24.3 Å². The lowest BCUT2D eigenvalue weighted by molar-refractivity contribution is 0.0927. The van der Waals surface area contributed by atoms with Crippen molar-refractivity contribution in [2.45, 2.75) is 51.7 Å². The maximum atomic E-state index is 6.50. The van der Waals surface area contributed by atoms with Crippen LogP contribution in [0.1, 0.15) is 49.8 Å². The van der Waals surface area contributed by atoms with Crippen molar-refractivity contribution >= 4 is 34.5 Å². The van der Waals surface area contributed by atoms with Crippen molar-refractivity contribution in [2.24, 2.45) is 11.8 Å². The highest BCUT2D eigenvalue weighted by atomic mass is 35.5. The van der Waals surface area contributed by atoms with Gasteiger partial charge in [-0.25, -0.2) is 0 Å². The molecule has 9 nitrogen and oxygen atoms in total. The first-order valence-electron chi connectivity index (χ1n) is 14.8. The fourth-order valence-corrected chi connectivity index (χ4v) is 6.42. The molecule has 0 spiro atoms. The number of morpholine rings is 1. The minimum absolute atomic E-state index is 0.0466. The summed E-state index contributed by atoms with van der Waals surface area (Å²) in [6.45, 7) is 5.67. The van der Waals surface area contributed by atoms with Crippen molar-refractivity contribution in [2.75, 3.05) is 44.2 Å². The zero-order chi connectivity index (χ0) is 29.1. The fourth-order valence-electron chi connectivity index (χ4n) is 6.25. The first-order valence-corrected chi connectivity index (χ1v) is 15.2. The summed E-state index contributed by atoms with van der Waals surface area (Å²) >= 11 is 6.50. The molecule has 222 valence electrons. The van der Waals surface area contributed by atoms with Crippen LogP contribution in [-0.4, -0.2) is 53.5 Å². The number of halogens is 1. The maximum Gasteiger partial charge on any atom is 0.226 e. The van der Waals surface area contributed by atoms with Gasteiger partial charge in [0.15, 0.2) is 11.5 Å². The molecule has 0 radical (unpaired) electrons. The zero-order valence-corrected chi connectivity index (χ0v) is 25.3. The van der Waals surface area contributed by atoms with Gasteiger partial charge in [-0.1, -0.05) is 50.1 Å². The van der Waals surface area contributed by atoms with E-state index in [4.69, 9.17) is 30.8 Å². The highest BCUT2D eigenvalue weighted by Crippen LogP contribution is 2.37. The Morgan fingerprint density at radius 2 is 1.81 bits per heavy atom. The number of ether oxygens (including phenoxy) is 3. The van der Waals surface area contributed by atoms with Crippen molar-refractivity contribution in [1.29, 1.82) is 0 Å². The van der Waals surface area contributed by atoms with Crippen molar-refractivity contribution in [1.82, 2.24) is 19.5 Å². The summed E-state index contributed by atoms with van der Waals surface area (Å²) in [5, 5.41) is 3.70. The Kier molecular flexibility index (Phi) is 8.67. The van der Waals surface area contributed by atoms with Gasteiger partial charge in [-0.15, -0.1) is 0 Å². The molecule has 0 bridgehead atoms. The van der Waals surface area contributed by atoms with Gasteiger partial charge < -0.3 is 29.0 Å². The Bertz CT molecular complexity index is 1510. The largest absolute Gasteiger partial charge is 0.497 e. The molecule has 3 heterocycles. The van der Waals surface area contributed by atoms with Gasteiger partial charge in [0.1, 0.15) is 17.0 Å². The van der Waals surface area contributed by atoms with Gasteiger partial charge in [0.05, 0.1) is 33.5 Å². The molecular formula is C32H39ClN6O3. The van der Waals surface area contributed by atoms with Gasteiger partial charge in [0.25, 0.3) is 0 Å². The second kappa shape index (κ2) is 12.8. The standard InChI is InChI=1S/C32H39ClN6O3/c1-21-9-11-22(12-10-21)19-39-28-29(34-18-24-13-14-25(40-2)17-27(24)41-3)35-31(33)36-30(28)37-32(39)38-15-16-42-20-26(38)23-7-5-4-6-8-23/h4-8,13-14,17,21-22,26H,9-12,15-16,18-20H2,1-3H3,(H,34,35,36)/t21?,22?,26-/m0/s1. The smallest absolute Gasteiger partial charge is 0.226 e. The van der Waals surface area contributed by atoms with Crippen LogP contribution in [-0.2, 0) is 17.8 Å². The van der Waals surface area contributed by atoms with E-state index >= 15 is 0 Å². The molecule has 0 unspecified atom stereocenters. The molecule has 1 aliphatic heterocycles. The number of rotatable bonds is 9. The molecule has 10 heteroatoms. The Morgan fingerprint density at radius 1 is 1.00 bits per heavy atom. The fraction of sp³-hybridized carbons (Fsp3) is 0.469. The SMILES string of the molecule is COc1ccc(CNc2nc(Cl)nc3nc(N4CCOC[C@H]4c4ccccc4)n(CC4CCC(C)CC4)c23)c(OC)c1. The maximum absolute atomic E-state index is 6.50. The van der Waals surface area contributed by atoms with Gasteiger partial charge in [-0.3, -0.25) is 0 Å². The number of imidazole rings is 1. The minimum Gasteiger partial charge on any atom is -0.497 e. The molecular weight excluding hydrogens is 552 g/mol. The van der Waals surface area contributed by atoms with Crippen LogP contribution in [0.2, 0.25) is 5.28 Å². The summed E-state index contributed by atoms with van der Waals surface area (Å²) in [5.74, 6) is 4.37. The van der Waals surface area contributed by atoms with Crippen LogP contribution in [0.4, 0.5) is 11.8 Å². The third kappa shape index (κ3) is 5.99. The van der Waals surface area contributed by atoms with Gasteiger partial charge in [-0.05, 0) is 54.0 Å². The van der Waals surface area contributed by atoms with Crippen molar-refractivity contribution in [3.8, 4) is 11.5 Å². The molecule has 2 fully saturated rings. The number of nitrogens with zero attached hydrogens (tertiary/aromatic N) is 5. The van der Waals surface area contributed by atoms with E-state index < -0.39 is 0 Å². The van der Waals surface area contributed by atoms with E-state index in [2.05, 4.69) is 55.9 Å².